The zero-order chi connectivity index (χ0) is 17.8. The number of aromatic nitrogens is 1. The lowest BCUT2D eigenvalue weighted by molar-refractivity contribution is 0.0411. The van der Waals surface area contributed by atoms with Gasteiger partial charge in [0.15, 0.2) is 12.1 Å². The minimum Gasteiger partial charge on any atom is -0.494 e. The Hall–Kier alpha value is -2.83. The van der Waals surface area contributed by atoms with Crippen LogP contribution in [0.25, 0.3) is 0 Å². The average molecular weight is 343 g/mol. The second kappa shape index (κ2) is 7.38. The van der Waals surface area contributed by atoms with Crippen LogP contribution in [-0.4, -0.2) is 58.9 Å². The summed E-state index contributed by atoms with van der Waals surface area (Å²) in [6, 6.07) is 7.09. The molecular formula is C18H21N3O4. The molecule has 1 fully saturated rings. The number of hydrogen-bond acceptors (Lipinski definition) is 5. The maximum absolute atomic E-state index is 12.8. The van der Waals surface area contributed by atoms with Crippen molar-refractivity contribution in [3.8, 4) is 5.75 Å². The number of amides is 2. The standard InChI is InChI=1S/C18H21N3O4/c1-3-25-15-6-4-5-14(9-15)17(22)21-8-7-20(10-13(21)2)18(23)16-11-24-12-19-16/h4-6,9,11-13H,3,7-8,10H2,1-2H3. The highest BCUT2D eigenvalue weighted by atomic mass is 16.5. The van der Waals surface area contributed by atoms with E-state index in [0.29, 0.717) is 37.6 Å². The minimum atomic E-state index is -0.175. The molecule has 7 nitrogen and oxygen atoms in total. The summed E-state index contributed by atoms with van der Waals surface area (Å²) >= 11 is 0. The molecule has 0 aliphatic carbocycles. The average Bonchev–Trinajstić information content (AvgIpc) is 3.15. The molecular weight excluding hydrogens is 322 g/mol. The van der Waals surface area contributed by atoms with Gasteiger partial charge in [0, 0.05) is 31.2 Å². The third-order valence-corrected chi connectivity index (χ3v) is 4.22. The Morgan fingerprint density at radius 3 is 2.84 bits per heavy atom. The van der Waals surface area contributed by atoms with Crippen LogP contribution in [0.15, 0.2) is 41.3 Å². The number of benzene rings is 1. The largest absolute Gasteiger partial charge is 0.494 e. The summed E-state index contributed by atoms with van der Waals surface area (Å²) in [7, 11) is 0. The fraction of sp³-hybridized carbons (Fsp3) is 0.389. The van der Waals surface area contributed by atoms with Crippen LogP contribution in [0.5, 0.6) is 5.75 Å². The van der Waals surface area contributed by atoms with Gasteiger partial charge in [-0.25, -0.2) is 4.98 Å². The normalized spacial score (nSPS) is 17.4. The molecule has 0 bridgehead atoms. The Morgan fingerprint density at radius 2 is 2.16 bits per heavy atom. The summed E-state index contributed by atoms with van der Waals surface area (Å²) in [6.45, 7) is 5.79. The van der Waals surface area contributed by atoms with E-state index in [4.69, 9.17) is 9.15 Å². The van der Waals surface area contributed by atoms with E-state index in [1.54, 1.807) is 21.9 Å². The summed E-state index contributed by atoms with van der Waals surface area (Å²) in [5.74, 6) is 0.453. The van der Waals surface area contributed by atoms with Gasteiger partial charge in [0.05, 0.1) is 6.61 Å². The first-order chi connectivity index (χ1) is 12.1. The van der Waals surface area contributed by atoms with Crippen LogP contribution in [-0.2, 0) is 0 Å². The number of nitrogens with zero attached hydrogens (tertiary/aromatic N) is 3. The van der Waals surface area contributed by atoms with Crippen molar-refractivity contribution in [1.82, 2.24) is 14.8 Å². The third kappa shape index (κ3) is 3.65. The second-order valence-electron chi connectivity index (χ2n) is 5.93. The van der Waals surface area contributed by atoms with E-state index >= 15 is 0 Å². The van der Waals surface area contributed by atoms with Crippen LogP contribution in [0.1, 0.15) is 34.7 Å². The van der Waals surface area contributed by atoms with Crippen molar-refractivity contribution in [2.24, 2.45) is 0 Å². The zero-order valence-corrected chi connectivity index (χ0v) is 14.3. The van der Waals surface area contributed by atoms with E-state index in [2.05, 4.69) is 4.98 Å². The van der Waals surface area contributed by atoms with Gasteiger partial charge in [0.25, 0.3) is 11.8 Å². The molecule has 2 amide bonds. The van der Waals surface area contributed by atoms with E-state index < -0.39 is 0 Å². The molecule has 2 heterocycles. The number of oxazole rings is 1. The van der Waals surface area contributed by atoms with Gasteiger partial charge in [-0.2, -0.15) is 0 Å². The molecule has 1 aliphatic rings. The molecule has 3 rings (SSSR count). The van der Waals surface area contributed by atoms with Crippen molar-refractivity contribution < 1.29 is 18.7 Å². The molecule has 132 valence electrons. The van der Waals surface area contributed by atoms with Gasteiger partial charge in [-0.05, 0) is 32.0 Å². The van der Waals surface area contributed by atoms with Gasteiger partial charge in [-0.1, -0.05) is 6.07 Å². The van der Waals surface area contributed by atoms with E-state index in [1.165, 1.54) is 12.7 Å². The number of carbonyl (C=O) groups is 2. The highest BCUT2D eigenvalue weighted by molar-refractivity contribution is 5.95. The number of ether oxygens (including phenoxy) is 1. The molecule has 25 heavy (non-hydrogen) atoms. The van der Waals surface area contributed by atoms with Crippen LogP contribution in [0.3, 0.4) is 0 Å². The molecule has 1 aromatic carbocycles. The Bertz CT molecular complexity index is 745. The van der Waals surface area contributed by atoms with E-state index in [9.17, 15) is 9.59 Å². The molecule has 1 saturated heterocycles. The van der Waals surface area contributed by atoms with Crippen molar-refractivity contribution >= 4 is 11.8 Å². The monoisotopic (exact) mass is 343 g/mol. The summed E-state index contributed by atoms with van der Waals surface area (Å²) < 4.78 is 10.3. The van der Waals surface area contributed by atoms with Gasteiger partial charge in [0.1, 0.15) is 12.0 Å². The molecule has 0 radical (unpaired) electrons. The maximum Gasteiger partial charge on any atom is 0.275 e. The van der Waals surface area contributed by atoms with Gasteiger partial charge in [-0.15, -0.1) is 0 Å². The Balaban J connectivity index is 1.68. The van der Waals surface area contributed by atoms with E-state index in [1.807, 2.05) is 26.0 Å². The summed E-state index contributed by atoms with van der Waals surface area (Å²) in [5, 5.41) is 0. The molecule has 1 atom stereocenters. The predicted octanol–water partition coefficient (Wildman–Crippen LogP) is 2.06. The van der Waals surface area contributed by atoms with E-state index in [-0.39, 0.29) is 23.6 Å². The maximum atomic E-state index is 12.8. The lowest BCUT2D eigenvalue weighted by Gasteiger charge is -2.39. The van der Waals surface area contributed by atoms with Crippen LogP contribution in [0.4, 0.5) is 0 Å². The van der Waals surface area contributed by atoms with Crippen LogP contribution < -0.4 is 4.74 Å². The Labute approximate surface area is 146 Å². The molecule has 0 N–H and O–H groups in total. The smallest absolute Gasteiger partial charge is 0.275 e. The van der Waals surface area contributed by atoms with Gasteiger partial charge in [0.2, 0.25) is 0 Å². The topological polar surface area (TPSA) is 75.9 Å². The highest BCUT2D eigenvalue weighted by Gasteiger charge is 2.31. The van der Waals surface area contributed by atoms with Crippen LogP contribution >= 0.6 is 0 Å². The summed E-state index contributed by atoms with van der Waals surface area (Å²) in [4.78, 5) is 32.5. The molecule has 1 aliphatic heterocycles. The van der Waals surface area contributed by atoms with Gasteiger partial charge >= 0.3 is 0 Å². The van der Waals surface area contributed by atoms with Crippen molar-refractivity contribution in [3.05, 3.63) is 48.2 Å². The number of rotatable bonds is 4. The van der Waals surface area contributed by atoms with Gasteiger partial charge < -0.3 is 19.0 Å². The molecule has 1 aromatic heterocycles. The number of piperazine rings is 1. The first kappa shape index (κ1) is 17.0. The molecule has 0 saturated carbocycles. The summed E-state index contributed by atoms with van der Waals surface area (Å²) in [5.41, 5.74) is 0.880. The van der Waals surface area contributed by atoms with E-state index in [0.717, 1.165) is 0 Å². The molecule has 2 aromatic rings. The minimum absolute atomic E-state index is 0.0532. The Morgan fingerprint density at radius 1 is 1.32 bits per heavy atom. The summed E-state index contributed by atoms with van der Waals surface area (Å²) in [6.07, 6.45) is 2.57. The number of carbonyl (C=O) groups excluding carboxylic acids is 2. The molecule has 7 heteroatoms. The highest BCUT2D eigenvalue weighted by Crippen LogP contribution is 2.19. The lowest BCUT2D eigenvalue weighted by atomic mass is 10.1. The first-order valence-electron chi connectivity index (χ1n) is 8.31. The SMILES string of the molecule is CCOc1cccc(C(=O)N2CCN(C(=O)c3cocn3)CC2C)c1. The van der Waals surface area contributed by atoms with Crippen molar-refractivity contribution in [2.75, 3.05) is 26.2 Å². The zero-order valence-electron chi connectivity index (χ0n) is 14.3. The predicted molar refractivity (Wildman–Crippen MR) is 90.5 cm³/mol. The van der Waals surface area contributed by atoms with Gasteiger partial charge in [-0.3, -0.25) is 9.59 Å². The van der Waals surface area contributed by atoms with Crippen LogP contribution in [0, 0.1) is 0 Å². The fourth-order valence-corrected chi connectivity index (χ4v) is 2.98. The first-order valence-corrected chi connectivity index (χ1v) is 8.31. The lowest BCUT2D eigenvalue weighted by Crippen LogP contribution is -2.55. The third-order valence-electron chi connectivity index (χ3n) is 4.22. The quantitative estimate of drug-likeness (QED) is 0.849. The molecule has 1 unspecified atom stereocenters. The Kier molecular flexibility index (Phi) is 5.02. The molecule has 0 spiro atoms. The van der Waals surface area contributed by atoms with Crippen LogP contribution in [0.2, 0.25) is 0 Å². The van der Waals surface area contributed by atoms with Crippen molar-refractivity contribution in [3.63, 3.8) is 0 Å². The number of hydrogen-bond donors (Lipinski definition) is 0. The fourth-order valence-electron chi connectivity index (χ4n) is 2.98. The second-order valence-corrected chi connectivity index (χ2v) is 5.93. The van der Waals surface area contributed by atoms with Crippen molar-refractivity contribution in [2.45, 2.75) is 19.9 Å². The van der Waals surface area contributed by atoms with Crippen molar-refractivity contribution in [1.29, 1.82) is 0 Å².